The van der Waals surface area contributed by atoms with Crippen molar-refractivity contribution in [3.63, 3.8) is 0 Å². The Kier molecular flexibility index (Phi) is 4.58. The molecule has 0 aliphatic rings. The third-order valence-corrected chi connectivity index (χ3v) is 3.02. The molecule has 0 amide bonds. The summed E-state index contributed by atoms with van der Waals surface area (Å²) in [6.45, 7) is 1.56. The molecule has 6 heteroatoms. The maximum Gasteiger partial charge on any atom is 0.133 e. The molecule has 0 spiro atoms. The zero-order chi connectivity index (χ0) is 13.0. The molecule has 1 heterocycles. The summed E-state index contributed by atoms with van der Waals surface area (Å²) in [5.74, 6) is 0.964. The van der Waals surface area contributed by atoms with Crippen molar-refractivity contribution in [1.82, 2.24) is 20.1 Å². The monoisotopic (exact) mass is 284 g/mol. The van der Waals surface area contributed by atoms with Gasteiger partial charge in [0.25, 0.3) is 0 Å². The minimum Gasteiger partial charge on any atom is -0.321 e. The Labute approximate surface area is 116 Å². The molecule has 4 nitrogen and oxygen atoms in total. The highest BCUT2D eigenvalue weighted by Crippen LogP contribution is 2.18. The van der Waals surface area contributed by atoms with Gasteiger partial charge in [0.15, 0.2) is 0 Å². The van der Waals surface area contributed by atoms with Crippen LogP contribution in [0, 0.1) is 0 Å². The molecule has 0 fully saturated rings. The van der Waals surface area contributed by atoms with Gasteiger partial charge in [-0.1, -0.05) is 23.2 Å². The lowest BCUT2D eigenvalue weighted by atomic mass is 10.2. The number of halogens is 2. The standard InChI is InChI=1S/C12H14Cl2N4/c1-18-8-16-17-12(18)2-3-15-7-9-4-10(13)6-11(14)5-9/h4-6,8,15H,2-3,7H2,1H3. The second kappa shape index (κ2) is 6.18. The Hall–Kier alpha value is -1.10. The lowest BCUT2D eigenvalue weighted by molar-refractivity contribution is 0.654. The number of aryl methyl sites for hydroxylation is 1. The van der Waals surface area contributed by atoms with E-state index in [4.69, 9.17) is 23.2 Å². The summed E-state index contributed by atoms with van der Waals surface area (Å²) in [5, 5.41) is 12.5. The Morgan fingerprint density at radius 2 is 1.94 bits per heavy atom. The number of aromatic nitrogens is 3. The molecule has 0 bridgehead atoms. The third kappa shape index (κ3) is 3.70. The molecule has 18 heavy (non-hydrogen) atoms. The van der Waals surface area contributed by atoms with Crippen LogP contribution in [0.4, 0.5) is 0 Å². The van der Waals surface area contributed by atoms with Gasteiger partial charge in [-0.2, -0.15) is 0 Å². The lowest BCUT2D eigenvalue weighted by Crippen LogP contribution is -2.18. The average molecular weight is 285 g/mol. The van der Waals surface area contributed by atoms with Gasteiger partial charge in [-0.3, -0.25) is 0 Å². The molecule has 1 aromatic heterocycles. The second-order valence-electron chi connectivity index (χ2n) is 4.06. The SMILES string of the molecule is Cn1cnnc1CCNCc1cc(Cl)cc(Cl)c1. The van der Waals surface area contributed by atoms with Crippen LogP contribution < -0.4 is 5.32 Å². The zero-order valence-electron chi connectivity index (χ0n) is 10.0. The van der Waals surface area contributed by atoms with Crippen LogP contribution in [0.25, 0.3) is 0 Å². The average Bonchev–Trinajstić information content (AvgIpc) is 2.69. The highest BCUT2D eigenvalue weighted by Gasteiger charge is 2.01. The molecule has 96 valence electrons. The lowest BCUT2D eigenvalue weighted by Gasteiger charge is -2.06. The predicted molar refractivity (Wildman–Crippen MR) is 72.9 cm³/mol. The second-order valence-corrected chi connectivity index (χ2v) is 4.94. The van der Waals surface area contributed by atoms with Gasteiger partial charge in [0, 0.05) is 36.6 Å². The van der Waals surface area contributed by atoms with Crippen molar-refractivity contribution in [3.05, 3.63) is 46.0 Å². The quantitative estimate of drug-likeness (QED) is 0.858. The number of benzene rings is 1. The molecular weight excluding hydrogens is 271 g/mol. The minimum atomic E-state index is 0.660. The first kappa shape index (κ1) is 13.3. The molecule has 0 unspecified atom stereocenters. The van der Waals surface area contributed by atoms with Crippen LogP contribution in [0.5, 0.6) is 0 Å². The predicted octanol–water partition coefficient (Wildman–Crippen LogP) is 2.45. The van der Waals surface area contributed by atoms with Gasteiger partial charge in [-0.05, 0) is 23.8 Å². The van der Waals surface area contributed by atoms with E-state index in [1.54, 1.807) is 12.4 Å². The van der Waals surface area contributed by atoms with Crippen molar-refractivity contribution in [1.29, 1.82) is 0 Å². The Bertz CT molecular complexity index is 504. The van der Waals surface area contributed by atoms with Gasteiger partial charge in [0.1, 0.15) is 12.2 Å². The number of nitrogens with one attached hydrogen (secondary N) is 1. The molecular formula is C12H14Cl2N4. The van der Waals surface area contributed by atoms with Crippen LogP contribution in [0.3, 0.4) is 0 Å². The molecule has 2 aromatic rings. The third-order valence-electron chi connectivity index (χ3n) is 2.58. The largest absolute Gasteiger partial charge is 0.321 e. The molecule has 0 saturated carbocycles. The van der Waals surface area contributed by atoms with Gasteiger partial charge >= 0.3 is 0 Å². The number of rotatable bonds is 5. The number of hydrogen-bond donors (Lipinski definition) is 1. The fourth-order valence-electron chi connectivity index (χ4n) is 1.68. The zero-order valence-corrected chi connectivity index (χ0v) is 11.5. The maximum absolute atomic E-state index is 5.93. The van der Waals surface area contributed by atoms with E-state index in [1.165, 1.54) is 0 Å². The normalized spacial score (nSPS) is 10.8. The molecule has 0 atom stereocenters. The van der Waals surface area contributed by atoms with Gasteiger partial charge < -0.3 is 9.88 Å². The van der Waals surface area contributed by atoms with E-state index in [1.807, 2.05) is 23.7 Å². The molecule has 0 radical (unpaired) electrons. The van der Waals surface area contributed by atoms with Gasteiger partial charge in [0.2, 0.25) is 0 Å². The molecule has 0 aliphatic carbocycles. The van der Waals surface area contributed by atoms with Gasteiger partial charge in [-0.15, -0.1) is 10.2 Å². The number of hydrogen-bond acceptors (Lipinski definition) is 3. The Morgan fingerprint density at radius 3 is 2.56 bits per heavy atom. The molecule has 2 rings (SSSR count). The van der Waals surface area contributed by atoms with Crippen LogP contribution >= 0.6 is 23.2 Å². The van der Waals surface area contributed by atoms with Crippen LogP contribution in [0.2, 0.25) is 10.0 Å². The van der Waals surface area contributed by atoms with Crippen LogP contribution in [-0.2, 0) is 20.0 Å². The van der Waals surface area contributed by atoms with Crippen LogP contribution in [-0.4, -0.2) is 21.3 Å². The first-order chi connectivity index (χ1) is 8.65. The van der Waals surface area contributed by atoms with E-state index in [2.05, 4.69) is 15.5 Å². The number of nitrogens with zero attached hydrogens (tertiary/aromatic N) is 3. The van der Waals surface area contributed by atoms with E-state index in [9.17, 15) is 0 Å². The maximum atomic E-state index is 5.93. The van der Waals surface area contributed by atoms with Crippen molar-refractivity contribution >= 4 is 23.2 Å². The fourth-order valence-corrected chi connectivity index (χ4v) is 2.25. The summed E-state index contributed by atoms with van der Waals surface area (Å²) in [4.78, 5) is 0. The fraction of sp³-hybridized carbons (Fsp3) is 0.333. The summed E-state index contributed by atoms with van der Waals surface area (Å²) >= 11 is 11.9. The highest BCUT2D eigenvalue weighted by molar-refractivity contribution is 6.34. The van der Waals surface area contributed by atoms with E-state index < -0.39 is 0 Å². The Morgan fingerprint density at radius 1 is 1.22 bits per heavy atom. The summed E-state index contributed by atoms with van der Waals surface area (Å²) < 4.78 is 1.91. The van der Waals surface area contributed by atoms with Gasteiger partial charge in [0.05, 0.1) is 0 Å². The highest BCUT2D eigenvalue weighted by atomic mass is 35.5. The van der Waals surface area contributed by atoms with E-state index in [0.717, 1.165) is 30.9 Å². The topological polar surface area (TPSA) is 42.7 Å². The molecule has 0 aliphatic heterocycles. The summed E-state index contributed by atoms with van der Waals surface area (Å²) in [6.07, 6.45) is 2.54. The smallest absolute Gasteiger partial charge is 0.133 e. The molecule has 1 N–H and O–H groups in total. The Balaban J connectivity index is 1.80. The molecule has 0 saturated heterocycles. The van der Waals surface area contributed by atoms with Crippen molar-refractivity contribution in [2.45, 2.75) is 13.0 Å². The first-order valence-corrected chi connectivity index (χ1v) is 6.39. The van der Waals surface area contributed by atoms with Crippen LogP contribution in [0.1, 0.15) is 11.4 Å². The van der Waals surface area contributed by atoms with E-state index in [0.29, 0.717) is 10.0 Å². The van der Waals surface area contributed by atoms with E-state index in [-0.39, 0.29) is 0 Å². The van der Waals surface area contributed by atoms with Crippen molar-refractivity contribution in [3.8, 4) is 0 Å². The minimum absolute atomic E-state index is 0.660. The van der Waals surface area contributed by atoms with Crippen molar-refractivity contribution in [2.24, 2.45) is 7.05 Å². The van der Waals surface area contributed by atoms with Crippen LogP contribution in [0.15, 0.2) is 24.5 Å². The molecule has 1 aromatic carbocycles. The summed E-state index contributed by atoms with van der Waals surface area (Å²) in [6, 6.07) is 5.54. The summed E-state index contributed by atoms with van der Waals surface area (Å²) in [5.41, 5.74) is 1.07. The van der Waals surface area contributed by atoms with Gasteiger partial charge in [-0.25, -0.2) is 0 Å². The van der Waals surface area contributed by atoms with E-state index >= 15 is 0 Å². The van der Waals surface area contributed by atoms with Crippen molar-refractivity contribution < 1.29 is 0 Å². The summed E-state index contributed by atoms with van der Waals surface area (Å²) in [7, 11) is 1.94. The first-order valence-electron chi connectivity index (χ1n) is 5.64. The van der Waals surface area contributed by atoms with Crippen molar-refractivity contribution in [2.75, 3.05) is 6.54 Å².